The van der Waals surface area contributed by atoms with E-state index in [-0.39, 0.29) is 5.91 Å². The standard InChI is InChI=1S/C13H10NO2P/c15-13-11-8-4-5-9-12(11)17(16,14-13)10-6-2-1-3-7-10/h1-9H,(H,14,15,16)/t17-/m0/s1. The lowest BCUT2D eigenvalue weighted by Gasteiger charge is -2.12. The Labute approximate surface area is 98.9 Å². The molecule has 0 radical (unpaired) electrons. The van der Waals surface area contributed by atoms with Crippen molar-refractivity contribution in [2.75, 3.05) is 0 Å². The molecule has 0 unspecified atom stereocenters. The first-order valence-electron chi connectivity index (χ1n) is 5.30. The Balaban J connectivity index is 2.25. The molecule has 3 nitrogen and oxygen atoms in total. The minimum absolute atomic E-state index is 0.257. The third-order valence-electron chi connectivity index (χ3n) is 2.87. The molecule has 2 aromatic carbocycles. The van der Waals surface area contributed by atoms with Gasteiger partial charge in [0.15, 0.2) is 0 Å². The SMILES string of the molecule is O=C1N[P@](=O)(c2ccccc2)c2ccccc21. The molecular formula is C13H10NO2P. The van der Waals surface area contributed by atoms with Crippen LogP contribution in [0.1, 0.15) is 10.4 Å². The normalized spacial score (nSPS) is 22.0. The summed E-state index contributed by atoms with van der Waals surface area (Å²) in [5, 5.41) is 3.90. The summed E-state index contributed by atoms with van der Waals surface area (Å²) < 4.78 is 12.9. The van der Waals surface area contributed by atoms with Crippen molar-refractivity contribution < 1.29 is 9.36 Å². The zero-order valence-electron chi connectivity index (χ0n) is 8.96. The zero-order chi connectivity index (χ0) is 11.9. The molecule has 0 spiro atoms. The molecule has 0 bridgehead atoms. The number of hydrogen-bond acceptors (Lipinski definition) is 2. The van der Waals surface area contributed by atoms with E-state index >= 15 is 0 Å². The van der Waals surface area contributed by atoms with Crippen LogP contribution in [0.3, 0.4) is 0 Å². The van der Waals surface area contributed by atoms with E-state index in [0.29, 0.717) is 16.2 Å². The van der Waals surface area contributed by atoms with E-state index in [1.807, 2.05) is 18.2 Å². The molecule has 0 fully saturated rings. The molecular weight excluding hydrogens is 233 g/mol. The number of benzene rings is 2. The lowest BCUT2D eigenvalue weighted by Crippen LogP contribution is -2.21. The number of carbonyl (C=O) groups excluding carboxylic acids is 1. The van der Waals surface area contributed by atoms with E-state index in [1.54, 1.807) is 36.4 Å². The molecule has 1 aliphatic heterocycles. The maximum Gasteiger partial charge on any atom is 0.257 e. The van der Waals surface area contributed by atoms with Crippen molar-refractivity contribution in [1.29, 1.82) is 0 Å². The Morgan fingerprint density at radius 1 is 0.882 bits per heavy atom. The molecule has 1 heterocycles. The minimum atomic E-state index is -2.97. The van der Waals surface area contributed by atoms with E-state index < -0.39 is 7.29 Å². The van der Waals surface area contributed by atoms with Crippen LogP contribution >= 0.6 is 7.29 Å². The summed E-state index contributed by atoms with van der Waals surface area (Å²) >= 11 is 0. The molecule has 0 aliphatic carbocycles. The number of rotatable bonds is 1. The van der Waals surface area contributed by atoms with Gasteiger partial charge in [-0.3, -0.25) is 14.4 Å². The average molecular weight is 243 g/mol. The van der Waals surface area contributed by atoms with Crippen LogP contribution in [-0.2, 0) is 4.57 Å². The van der Waals surface area contributed by atoms with E-state index in [0.717, 1.165) is 0 Å². The quantitative estimate of drug-likeness (QED) is 0.774. The average Bonchev–Trinajstić information content (AvgIpc) is 2.65. The predicted molar refractivity (Wildman–Crippen MR) is 67.2 cm³/mol. The number of hydrogen-bond donors (Lipinski definition) is 1. The van der Waals surface area contributed by atoms with Crippen molar-refractivity contribution >= 4 is 23.8 Å². The third kappa shape index (κ3) is 1.43. The van der Waals surface area contributed by atoms with Gasteiger partial charge in [-0.05, 0) is 24.3 Å². The van der Waals surface area contributed by atoms with Gasteiger partial charge < -0.3 is 0 Å². The lowest BCUT2D eigenvalue weighted by atomic mass is 10.2. The van der Waals surface area contributed by atoms with Gasteiger partial charge in [-0.15, -0.1) is 0 Å². The maximum atomic E-state index is 12.9. The zero-order valence-corrected chi connectivity index (χ0v) is 9.85. The van der Waals surface area contributed by atoms with Gasteiger partial charge >= 0.3 is 0 Å². The Morgan fingerprint density at radius 2 is 1.53 bits per heavy atom. The van der Waals surface area contributed by atoms with Gasteiger partial charge in [0.25, 0.3) is 5.91 Å². The first-order valence-corrected chi connectivity index (χ1v) is 7.00. The second-order valence-electron chi connectivity index (χ2n) is 3.90. The Morgan fingerprint density at radius 3 is 2.29 bits per heavy atom. The van der Waals surface area contributed by atoms with Crippen LogP contribution in [0.2, 0.25) is 0 Å². The van der Waals surface area contributed by atoms with Crippen molar-refractivity contribution in [3.8, 4) is 0 Å². The van der Waals surface area contributed by atoms with Crippen molar-refractivity contribution in [3.63, 3.8) is 0 Å². The van der Waals surface area contributed by atoms with Crippen LogP contribution in [0.25, 0.3) is 0 Å². The predicted octanol–water partition coefficient (Wildman–Crippen LogP) is 1.66. The van der Waals surface area contributed by atoms with Crippen LogP contribution in [0.15, 0.2) is 54.6 Å². The van der Waals surface area contributed by atoms with Gasteiger partial charge in [-0.2, -0.15) is 0 Å². The molecule has 0 saturated carbocycles. The first kappa shape index (κ1) is 10.3. The van der Waals surface area contributed by atoms with Crippen molar-refractivity contribution in [2.24, 2.45) is 0 Å². The topological polar surface area (TPSA) is 46.2 Å². The van der Waals surface area contributed by atoms with Crippen molar-refractivity contribution in [2.45, 2.75) is 0 Å². The largest absolute Gasteiger partial charge is 0.296 e. The van der Waals surface area contributed by atoms with E-state index in [4.69, 9.17) is 0 Å². The van der Waals surface area contributed by atoms with Crippen LogP contribution < -0.4 is 15.7 Å². The van der Waals surface area contributed by atoms with E-state index in [2.05, 4.69) is 5.09 Å². The molecule has 2 aromatic rings. The molecule has 4 heteroatoms. The first-order chi connectivity index (χ1) is 8.22. The van der Waals surface area contributed by atoms with Crippen LogP contribution in [0.5, 0.6) is 0 Å². The number of fused-ring (bicyclic) bond motifs is 1. The van der Waals surface area contributed by atoms with Gasteiger partial charge in [0, 0.05) is 10.6 Å². The molecule has 0 aromatic heterocycles. The summed E-state index contributed by atoms with van der Waals surface area (Å²) in [6, 6.07) is 16.1. The molecule has 3 rings (SSSR count). The highest BCUT2D eigenvalue weighted by Crippen LogP contribution is 2.43. The molecule has 17 heavy (non-hydrogen) atoms. The smallest absolute Gasteiger partial charge is 0.257 e. The monoisotopic (exact) mass is 243 g/mol. The van der Waals surface area contributed by atoms with Crippen molar-refractivity contribution in [3.05, 3.63) is 60.2 Å². The second-order valence-corrected chi connectivity index (χ2v) is 6.34. The highest BCUT2D eigenvalue weighted by atomic mass is 31.2. The number of amides is 1. The lowest BCUT2D eigenvalue weighted by molar-refractivity contribution is 0.0986. The molecule has 84 valence electrons. The van der Waals surface area contributed by atoms with Crippen molar-refractivity contribution in [1.82, 2.24) is 5.09 Å². The van der Waals surface area contributed by atoms with Gasteiger partial charge in [0.1, 0.15) is 0 Å². The Kier molecular flexibility index (Phi) is 2.17. The van der Waals surface area contributed by atoms with Crippen LogP contribution in [-0.4, -0.2) is 5.91 Å². The summed E-state index contributed by atoms with van der Waals surface area (Å²) in [6.45, 7) is 0. The Bertz CT molecular complexity index is 637. The molecule has 0 saturated heterocycles. The fraction of sp³-hybridized carbons (Fsp3) is 0. The highest BCUT2D eigenvalue weighted by molar-refractivity contribution is 7.78. The maximum absolute atomic E-state index is 12.9. The summed E-state index contributed by atoms with van der Waals surface area (Å²) in [5.41, 5.74) is 0.514. The van der Waals surface area contributed by atoms with Gasteiger partial charge in [0.05, 0.1) is 5.56 Å². The molecule has 1 atom stereocenters. The summed E-state index contributed by atoms with van der Waals surface area (Å²) in [5.74, 6) is -0.257. The van der Waals surface area contributed by atoms with Crippen LogP contribution in [0.4, 0.5) is 0 Å². The van der Waals surface area contributed by atoms with Gasteiger partial charge in [-0.25, -0.2) is 0 Å². The fourth-order valence-corrected chi connectivity index (χ4v) is 4.38. The van der Waals surface area contributed by atoms with Gasteiger partial charge in [-0.1, -0.05) is 30.3 Å². The minimum Gasteiger partial charge on any atom is -0.296 e. The van der Waals surface area contributed by atoms with Crippen LogP contribution in [0, 0.1) is 0 Å². The molecule has 1 aliphatic rings. The second kappa shape index (κ2) is 3.57. The third-order valence-corrected chi connectivity index (χ3v) is 5.48. The van der Waals surface area contributed by atoms with E-state index in [9.17, 15) is 9.36 Å². The molecule has 1 amide bonds. The summed E-state index contributed by atoms with van der Waals surface area (Å²) in [6.07, 6.45) is 0. The molecule has 1 N–H and O–H groups in total. The summed E-state index contributed by atoms with van der Waals surface area (Å²) in [4.78, 5) is 11.8. The fourth-order valence-electron chi connectivity index (χ4n) is 2.05. The summed E-state index contributed by atoms with van der Waals surface area (Å²) in [7, 11) is -2.97. The van der Waals surface area contributed by atoms with Gasteiger partial charge in [0.2, 0.25) is 7.29 Å². The van der Waals surface area contributed by atoms with E-state index in [1.165, 1.54) is 0 Å². The number of nitrogens with one attached hydrogen (secondary N) is 1. The highest BCUT2D eigenvalue weighted by Gasteiger charge is 2.39. The number of carbonyl (C=O) groups is 1. The Hall–Kier alpha value is -1.86.